The molecule has 0 aromatic heterocycles. The number of hydrogen-bond acceptors (Lipinski definition) is 6. The monoisotopic (exact) mass is 381 g/mol. The molecule has 4 rings (SSSR count). The van der Waals surface area contributed by atoms with Gasteiger partial charge in [0.1, 0.15) is 6.61 Å². The number of methoxy groups -OCH3 is 2. The van der Waals surface area contributed by atoms with E-state index in [1.54, 1.807) is 17.0 Å². The predicted molar refractivity (Wildman–Crippen MR) is 100 cm³/mol. The lowest BCUT2D eigenvalue weighted by atomic mass is 9.83. The highest BCUT2D eigenvalue weighted by Gasteiger charge is 2.43. The Morgan fingerprint density at radius 2 is 1.71 bits per heavy atom. The second-order valence-electron chi connectivity index (χ2n) is 6.53. The van der Waals surface area contributed by atoms with Crippen molar-refractivity contribution in [1.29, 1.82) is 0 Å². The minimum absolute atomic E-state index is 0.0393. The van der Waals surface area contributed by atoms with E-state index in [0.29, 0.717) is 22.5 Å². The summed E-state index contributed by atoms with van der Waals surface area (Å²) in [5.74, 6) is -0.814. The number of ether oxygens (including phenoxy) is 3. The highest BCUT2D eigenvalue weighted by molar-refractivity contribution is 6.06. The van der Waals surface area contributed by atoms with Crippen molar-refractivity contribution in [2.45, 2.75) is 12.3 Å². The Labute approximate surface area is 161 Å². The summed E-state index contributed by atoms with van der Waals surface area (Å²) in [5, 5.41) is 10.2. The topological polar surface area (TPSA) is 85.3 Å². The summed E-state index contributed by atoms with van der Waals surface area (Å²) >= 11 is 0. The van der Waals surface area contributed by atoms with Gasteiger partial charge in [0.25, 0.3) is 0 Å². The Hall–Kier alpha value is -3.48. The lowest BCUT2D eigenvalue weighted by Crippen LogP contribution is -2.37. The lowest BCUT2D eigenvalue weighted by Gasteiger charge is -2.32. The van der Waals surface area contributed by atoms with Gasteiger partial charge in [-0.3, -0.25) is 9.69 Å². The van der Waals surface area contributed by atoms with Crippen LogP contribution in [0.2, 0.25) is 0 Å². The molecule has 2 heterocycles. The molecule has 7 nitrogen and oxygen atoms in total. The van der Waals surface area contributed by atoms with E-state index in [0.717, 1.165) is 0 Å². The zero-order chi connectivity index (χ0) is 19.8. The quantitative estimate of drug-likeness (QED) is 0.820. The van der Waals surface area contributed by atoms with Crippen molar-refractivity contribution in [2.24, 2.45) is 0 Å². The number of carbonyl (C=O) groups is 2. The first-order valence-corrected chi connectivity index (χ1v) is 8.78. The summed E-state index contributed by atoms with van der Waals surface area (Å²) in [6.45, 7) is 0.0393. The van der Waals surface area contributed by atoms with Gasteiger partial charge in [0.15, 0.2) is 11.5 Å². The summed E-state index contributed by atoms with van der Waals surface area (Å²) in [6, 6.07) is 12.4. The molecule has 7 heteroatoms. The van der Waals surface area contributed by atoms with Crippen LogP contribution in [-0.4, -0.2) is 37.8 Å². The second-order valence-corrected chi connectivity index (χ2v) is 6.53. The van der Waals surface area contributed by atoms with Crippen LogP contribution in [0.4, 0.5) is 5.69 Å². The van der Waals surface area contributed by atoms with Crippen molar-refractivity contribution in [3.05, 3.63) is 59.3 Å². The Morgan fingerprint density at radius 3 is 2.32 bits per heavy atom. The minimum Gasteiger partial charge on any atom is -0.502 e. The third-order valence-electron chi connectivity index (χ3n) is 5.04. The molecule has 2 aliphatic rings. The maximum Gasteiger partial charge on any atom is 0.336 e. The van der Waals surface area contributed by atoms with Crippen LogP contribution in [0.3, 0.4) is 0 Å². The van der Waals surface area contributed by atoms with Crippen LogP contribution < -0.4 is 14.4 Å². The summed E-state index contributed by atoms with van der Waals surface area (Å²) < 4.78 is 15.7. The third-order valence-corrected chi connectivity index (χ3v) is 5.04. The summed E-state index contributed by atoms with van der Waals surface area (Å²) in [7, 11) is 2.85. The Balaban J connectivity index is 1.85. The molecule has 2 aromatic carbocycles. The summed E-state index contributed by atoms with van der Waals surface area (Å²) in [6.07, 6.45) is 0.0832. The van der Waals surface area contributed by atoms with E-state index in [2.05, 4.69) is 0 Å². The highest BCUT2D eigenvalue weighted by Crippen LogP contribution is 2.46. The number of phenolic OH excluding ortho intramolecular Hbond substituents is 1. The lowest BCUT2D eigenvalue weighted by molar-refractivity contribution is -0.136. The SMILES string of the molecule is COc1cc(C2CC(=O)N(c3ccccc3)C3=C2C(=O)OC3)cc(OC)c1O. The number of benzene rings is 2. The molecule has 0 radical (unpaired) electrons. The molecule has 0 saturated carbocycles. The number of para-hydroxylation sites is 1. The molecule has 0 spiro atoms. The average molecular weight is 381 g/mol. The molecule has 2 aliphatic heterocycles. The molecule has 0 saturated heterocycles. The zero-order valence-electron chi connectivity index (χ0n) is 15.5. The van der Waals surface area contributed by atoms with Gasteiger partial charge in [-0.2, -0.15) is 0 Å². The molecule has 0 aliphatic carbocycles. The fraction of sp³-hybridized carbons (Fsp3) is 0.238. The number of anilines is 1. The standard InChI is InChI=1S/C21H19NO6/c1-26-16-8-12(9-17(27-2)20(16)24)14-10-18(23)22(13-6-4-3-5-7-13)15-11-28-21(25)19(14)15/h3-9,14,24H,10-11H2,1-2H3. The molecular formula is C21H19NO6. The molecule has 0 fully saturated rings. The number of carbonyl (C=O) groups excluding carboxylic acids is 2. The first-order valence-electron chi connectivity index (χ1n) is 8.78. The molecule has 1 amide bonds. The van der Waals surface area contributed by atoms with E-state index in [4.69, 9.17) is 14.2 Å². The molecule has 144 valence electrons. The molecule has 0 bridgehead atoms. The van der Waals surface area contributed by atoms with E-state index in [-0.39, 0.29) is 36.2 Å². The predicted octanol–water partition coefficient (Wildman–Crippen LogP) is 2.74. The van der Waals surface area contributed by atoms with Crippen molar-refractivity contribution in [1.82, 2.24) is 0 Å². The average Bonchev–Trinajstić information content (AvgIpc) is 3.09. The maximum absolute atomic E-state index is 13.0. The molecule has 28 heavy (non-hydrogen) atoms. The normalized spacial score (nSPS) is 18.8. The Bertz CT molecular complexity index is 957. The number of hydrogen-bond donors (Lipinski definition) is 1. The van der Waals surface area contributed by atoms with Gasteiger partial charge >= 0.3 is 5.97 Å². The maximum atomic E-state index is 13.0. The number of aromatic hydroxyl groups is 1. The molecule has 1 unspecified atom stereocenters. The van der Waals surface area contributed by atoms with E-state index in [1.165, 1.54) is 14.2 Å². The van der Waals surface area contributed by atoms with Gasteiger partial charge in [0.2, 0.25) is 11.7 Å². The van der Waals surface area contributed by atoms with Crippen LogP contribution in [0, 0.1) is 0 Å². The van der Waals surface area contributed by atoms with Gasteiger partial charge in [-0.15, -0.1) is 0 Å². The first kappa shape index (κ1) is 17.9. The van der Waals surface area contributed by atoms with Gasteiger partial charge < -0.3 is 19.3 Å². The molecule has 2 aromatic rings. The van der Waals surface area contributed by atoms with Gasteiger partial charge in [0.05, 0.1) is 25.5 Å². The van der Waals surface area contributed by atoms with Gasteiger partial charge in [-0.1, -0.05) is 18.2 Å². The van der Waals surface area contributed by atoms with Crippen molar-refractivity contribution in [2.75, 3.05) is 25.7 Å². The molecule has 1 atom stereocenters. The van der Waals surface area contributed by atoms with Crippen LogP contribution in [0.5, 0.6) is 17.2 Å². The zero-order valence-corrected chi connectivity index (χ0v) is 15.5. The molecular weight excluding hydrogens is 362 g/mol. The van der Waals surface area contributed by atoms with E-state index >= 15 is 0 Å². The Kier molecular flexibility index (Phi) is 4.43. The fourth-order valence-corrected chi connectivity index (χ4v) is 3.73. The number of esters is 1. The number of phenols is 1. The fourth-order valence-electron chi connectivity index (χ4n) is 3.73. The van der Waals surface area contributed by atoms with Crippen molar-refractivity contribution in [3.8, 4) is 17.2 Å². The van der Waals surface area contributed by atoms with E-state index in [1.807, 2.05) is 30.3 Å². The number of cyclic esters (lactones) is 1. The largest absolute Gasteiger partial charge is 0.502 e. The van der Waals surface area contributed by atoms with Crippen LogP contribution in [-0.2, 0) is 14.3 Å². The van der Waals surface area contributed by atoms with Crippen molar-refractivity contribution < 1.29 is 28.9 Å². The Morgan fingerprint density at radius 1 is 1.07 bits per heavy atom. The third kappa shape index (κ3) is 2.76. The first-order chi connectivity index (χ1) is 13.5. The number of rotatable bonds is 4. The van der Waals surface area contributed by atoms with Crippen molar-refractivity contribution in [3.63, 3.8) is 0 Å². The van der Waals surface area contributed by atoms with Gasteiger partial charge in [0, 0.05) is 18.0 Å². The minimum atomic E-state index is -0.513. The summed E-state index contributed by atoms with van der Waals surface area (Å²) in [5.41, 5.74) is 2.32. The van der Waals surface area contributed by atoms with Crippen LogP contribution >= 0.6 is 0 Å². The van der Waals surface area contributed by atoms with Crippen LogP contribution in [0.1, 0.15) is 17.9 Å². The smallest absolute Gasteiger partial charge is 0.336 e. The van der Waals surface area contributed by atoms with E-state index in [9.17, 15) is 14.7 Å². The van der Waals surface area contributed by atoms with E-state index < -0.39 is 11.9 Å². The molecule has 1 N–H and O–H groups in total. The van der Waals surface area contributed by atoms with Crippen LogP contribution in [0.25, 0.3) is 0 Å². The number of nitrogens with zero attached hydrogens (tertiary/aromatic N) is 1. The number of amides is 1. The van der Waals surface area contributed by atoms with Gasteiger partial charge in [-0.25, -0.2) is 4.79 Å². The second kappa shape index (κ2) is 6.92. The van der Waals surface area contributed by atoms with Crippen molar-refractivity contribution >= 4 is 17.6 Å². The van der Waals surface area contributed by atoms with Gasteiger partial charge in [-0.05, 0) is 29.8 Å². The van der Waals surface area contributed by atoms with Crippen LogP contribution in [0.15, 0.2) is 53.7 Å². The summed E-state index contributed by atoms with van der Waals surface area (Å²) in [4.78, 5) is 27.1. The highest BCUT2D eigenvalue weighted by atomic mass is 16.5.